The number of hydrogen-bond donors (Lipinski definition) is 1. The van der Waals surface area contributed by atoms with Gasteiger partial charge in [0.1, 0.15) is 0 Å². The standard InChI is InChI=1S/C10H11F2N5/c1-2-17-7(5-15-9(17)8(11)12)6-3-4-14-10(13)16-6/h3-5,8H,2H2,1H3,(H2,13,14,16). The number of alkyl halides is 2. The predicted molar refractivity (Wildman–Crippen MR) is 58.3 cm³/mol. The molecule has 0 radical (unpaired) electrons. The van der Waals surface area contributed by atoms with Gasteiger partial charge in [0.15, 0.2) is 5.82 Å². The Morgan fingerprint density at radius 1 is 1.41 bits per heavy atom. The molecular weight excluding hydrogens is 228 g/mol. The molecule has 0 saturated heterocycles. The number of anilines is 1. The van der Waals surface area contributed by atoms with Crippen LogP contribution in [0.5, 0.6) is 0 Å². The fraction of sp³-hybridized carbons (Fsp3) is 0.300. The topological polar surface area (TPSA) is 69.6 Å². The molecule has 0 atom stereocenters. The fourth-order valence-electron chi connectivity index (χ4n) is 1.62. The molecule has 0 aliphatic rings. The molecule has 0 aliphatic carbocycles. The van der Waals surface area contributed by atoms with Crippen molar-refractivity contribution in [2.45, 2.75) is 19.9 Å². The van der Waals surface area contributed by atoms with Gasteiger partial charge in [-0.2, -0.15) is 0 Å². The maximum atomic E-state index is 12.7. The second-order valence-corrected chi connectivity index (χ2v) is 3.35. The van der Waals surface area contributed by atoms with E-state index in [-0.39, 0.29) is 11.8 Å². The second-order valence-electron chi connectivity index (χ2n) is 3.35. The highest BCUT2D eigenvalue weighted by molar-refractivity contribution is 5.55. The van der Waals surface area contributed by atoms with E-state index in [2.05, 4.69) is 15.0 Å². The highest BCUT2D eigenvalue weighted by Crippen LogP contribution is 2.24. The van der Waals surface area contributed by atoms with Crippen molar-refractivity contribution in [3.05, 3.63) is 24.3 Å². The van der Waals surface area contributed by atoms with Crippen LogP contribution in [0.25, 0.3) is 11.4 Å². The van der Waals surface area contributed by atoms with E-state index < -0.39 is 6.43 Å². The van der Waals surface area contributed by atoms with Crippen LogP contribution in [0.3, 0.4) is 0 Å². The van der Waals surface area contributed by atoms with Gasteiger partial charge in [-0.1, -0.05) is 0 Å². The number of nitrogens with zero attached hydrogens (tertiary/aromatic N) is 4. The minimum Gasteiger partial charge on any atom is -0.368 e. The summed E-state index contributed by atoms with van der Waals surface area (Å²) in [5.41, 5.74) is 6.45. The fourth-order valence-corrected chi connectivity index (χ4v) is 1.62. The van der Waals surface area contributed by atoms with Crippen molar-refractivity contribution in [1.29, 1.82) is 0 Å². The van der Waals surface area contributed by atoms with Gasteiger partial charge < -0.3 is 10.3 Å². The first-order valence-electron chi connectivity index (χ1n) is 5.06. The van der Waals surface area contributed by atoms with E-state index in [0.29, 0.717) is 17.9 Å². The third-order valence-electron chi connectivity index (χ3n) is 2.33. The first-order valence-corrected chi connectivity index (χ1v) is 5.06. The molecule has 0 unspecified atom stereocenters. The largest absolute Gasteiger partial charge is 0.368 e. The first kappa shape index (κ1) is 11.4. The highest BCUT2D eigenvalue weighted by Gasteiger charge is 2.18. The molecule has 0 saturated carbocycles. The minimum absolute atomic E-state index is 0.102. The number of aromatic nitrogens is 4. The number of halogens is 2. The smallest absolute Gasteiger partial charge is 0.295 e. The number of nitrogens with two attached hydrogens (primary N) is 1. The summed E-state index contributed by atoms with van der Waals surface area (Å²) >= 11 is 0. The Balaban J connectivity index is 2.52. The van der Waals surface area contributed by atoms with Gasteiger partial charge in [-0.15, -0.1) is 0 Å². The third kappa shape index (κ3) is 2.08. The number of rotatable bonds is 3. The summed E-state index contributed by atoms with van der Waals surface area (Å²) in [5.74, 6) is -0.162. The molecule has 0 aliphatic heterocycles. The monoisotopic (exact) mass is 239 g/mol. The van der Waals surface area contributed by atoms with Gasteiger partial charge in [0, 0.05) is 12.7 Å². The van der Waals surface area contributed by atoms with Gasteiger partial charge in [0.25, 0.3) is 6.43 Å². The minimum atomic E-state index is -2.61. The highest BCUT2D eigenvalue weighted by atomic mass is 19.3. The molecular formula is C10H11F2N5. The molecule has 0 amide bonds. The molecule has 2 aromatic heterocycles. The van der Waals surface area contributed by atoms with E-state index in [4.69, 9.17) is 5.73 Å². The second kappa shape index (κ2) is 4.44. The normalized spacial score (nSPS) is 11.1. The quantitative estimate of drug-likeness (QED) is 0.887. The molecule has 2 aromatic rings. The molecule has 2 heterocycles. The van der Waals surface area contributed by atoms with Crippen molar-refractivity contribution in [2.75, 3.05) is 5.73 Å². The summed E-state index contributed by atoms with van der Waals surface area (Å²) in [6.45, 7) is 2.15. The zero-order valence-electron chi connectivity index (χ0n) is 9.14. The molecule has 2 rings (SSSR count). The SMILES string of the molecule is CCn1c(-c2ccnc(N)n2)cnc1C(F)F. The van der Waals surface area contributed by atoms with Gasteiger partial charge >= 0.3 is 0 Å². The van der Waals surface area contributed by atoms with Crippen LogP contribution in [-0.2, 0) is 6.54 Å². The molecule has 2 N–H and O–H groups in total. The lowest BCUT2D eigenvalue weighted by Gasteiger charge is -2.08. The van der Waals surface area contributed by atoms with Crippen molar-refractivity contribution in [3.63, 3.8) is 0 Å². The summed E-state index contributed by atoms with van der Waals surface area (Å²) in [5, 5.41) is 0. The van der Waals surface area contributed by atoms with Crippen LogP contribution in [0.4, 0.5) is 14.7 Å². The number of hydrogen-bond acceptors (Lipinski definition) is 4. The Morgan fingerprint density at radius 2 is 2.18 bits per heavy atom. The van der Waals surface area contributed by atoms with E-state index in [1.54, 1.807) is 13.0 Å². The summed E-state index contributed by atoms with van der Waals surface area (Å²) < 4.78 is 26.8. The van der Waals surface area contributed by atoms with E-state index in [1.165, 1.54) is 17.0 Å². The van der Waals surface area contributed by atoms with Crippen molar-refractivity contribution in [2.24, 2.45) is 0 Å². The molecule has 90 valence electrons. The maximum Gasteiger partial charge on any atom is 0.295 e. The molecule has 0 fully saturated rings. The van der Waals surface area contributed by atoms with Crippen molar-refractivity contribution in [3.8, 4) is 11.4 Å². The maximum absolute atomic E-state index is 12.7. The van der Waals surface area contributed by atoms with Crippen molar-refractivity contribution < 1.29 is 8.78 Å². The average molecular weight is 239 g/mol. The van der Waals surface area contributed by atoms with E-state index >= 15 is 0 Å². The van der Waals surface area contributed by atoms with Gasteiger partial charge in [-0.25, -0.2) is 23.7 Å². The Kier molecular flexibility index (Phi) is 2.99. The predicted octanol–water partition coefficient (Wildman–Crippen LogP) is 1.88. The van der Waals surface area contributed by atoms with Crippen LogP contribution in [0.15, 0.2) is 18.5 Å². The third-order valence-corrected chi connectivity index (χ3v) is 2.33. The average Bonchev–Trinajstić information content (AvgIpc) is 2.72. The molecule has 0 spiro atoms. The first-order chi connectivity index (χ1) is 8.13. The Bertz CT molecular complexity index is 523. The summed E-state index contributed by atoms with van der Waals surface area (Å²) in [7, 11) is 0. The molecule has 0 bridgehead atoms. The van der Waals surface area contributed by atoms with Crippen LogP contribution >= 0.6 is 0 Å². The zero-order valence-corrected chi connectivity index (χ0v) is 9.14. The van der Waals surface area contributed by atoms with Crippen LogP contribution < -0.4 is 5.73 Å². The number of nitrogen functional groups attached to an aromatic ring is 1. The Hall–Kier alpha value is -2.05. The van der Waals surface area contributed by atoms with Gasteiger partial charge in [0.05, 0.1) is 17.6 Å². The Labute approximate surface area is 96.3 Å². The van der Waals surface area contributed by atoms with Crippen LogP contribution in [-0.4, -0.2) is 19.5 Å². The Morgan fingerprint density at radius 3 is 2.76 bits per heavy atom. The number of imidazole rings is 1. The summed E-state index contributed by atoms with van der Waals surface area (Å²) in [4.78, 5) is 11.4. The molecule has 7 heteroatoms. The molecule has 5 nitrogen and oxygen atoms in total. The lowest BCUT2D eigenvalue weighted by Crippen LogP contribution is -2.05. The van der Waals surface area contributed by atoms with E-state index in [1.807, 2.05) is 0 Å². The van der Waals surface area contributed by atoms with Gasteiger partial charge in [-0.3, -0.25) is 0 Å². The van der Waals surface area contributed by atoms with E-state index in [9.17, 15) is 8.78 Å². The summed E-state index contributed by atoms with van der Waals surface area (Å²) in [6.07, 6.45) is 0.238. The van der Waals surface area contributed by atoms with Crippen LogP contribution in [0.2, 0.25) is 0 Å². The van der Waals surface area contributed by atoms with E-state index in [0.717, 1.165) is 0 Å². The summed E-state index contributed by atoms with van der Waals surface area (Å²) in [6, 6.07) is 1.61. The van der Waals surface area contributed by atoms with Gasteiger partial charge in [0.2, 0.25) is 5.95 Å². The van der Waals surface area contributed by atoms with Gasteiger partial charge in [-0.05, 0) is 13.0 Å². The molecule has 17 heavy (non-hydrogen) atoms. The lowest BCUT2D eigenvalue weighted by molar-refractivity contribution is 0.136. The molecule has 0 aromatic carbocycles. The van der Waals surface area contributed by atoms with Crippen LogP contribution in [0, 0.1) is 0 Å². The van der Waals surface area contributed by atoms with Crippen LogP contribution in [0.1, 0.15) is 19.2 Å². The zero-order chi connectivity index (χ0) is 12.4. The van der Waals surface area contributed by atoms with Crippen molar-refractivity contribution >= 4 is 5.95 Å². The van der Waals surface area contributed by atoms with Crippen molar-refractivity contribution in [1.82, 2.24) is 19.5 Å². The lowest BCUT2D eigenvalue weighted by atomic mass is 10.3.